The molecule has 21 heavy (non-hydrogen) atoms. The summed E-state index contributed by atoms with van der Waals surface area (Å²) < 4.78 is 53.8. The molecule has 0 aliphatic heterocycles. The molecule has 0 aliphatic rings. The van der Waals surface area contributed by atoms with Gasteiger partial charge in [0.05, 0.1) is 0 Å². The van der Waals surface area contributed by atoms with Gasteiger partial charge in [0.1, 0.15) is 11.5 Å². The number of rotatable bonds is 4. The summed E-state index contributed by atoms with van der Waals surface area (Å²) in [7, 11) is 0. The van der Waals surface area contributed by atoms with Crippen LogP contribution in [0.3, 0.4) is 0 Å². The van der Waals surface area contributed by atoms with Crippen molar-refractivity contribution in [3.8, 4) is 11.5 Å². The zero-order valence-electron chi connectivity index (χ0n) is 10.7. The molecule has 1 nitrogen and oxygen atoms in total. The number of hydrogen-bond acceptors (Lipinski definition) is 1. The van der Waals surface area contributed by atoms with Gasteiger partial charge in [0.15, 0.2) is 0 Å². The smallest absolute Gasteiger partial charge is 0.270 e. The Morgan fingerprint density at radius 2 is 0.952 bits per heavy atom. The van der Waals surface area contributed by atoms with E-state index in [2.05, 4.69) is 0 Å². The van der Waals surface area contributed by atoms with Crippen LogP contribution in [0.5, 0.6) is 11.5 Å². The normalized spacial score (nSPS) is 9.90. The van der Waals surface area contributed by atoms with Crippen molar-refractivity contribution in [2.75, 3.05) is 0 Å². The molecule has 0 unspecified atom stereocenters. The Morgan fingerprint density at radius 3 is 1.24 bits per heavy atom. The lowest BCUT2D eigenvalue weighted by Crippen LogP contribution is -1.84. The SMILES string of the molecule is FC(F)=Cc1ccc(Oc2ccc(C=C(F)F)cc2)cc1. The van der Waals surface area contributed by atoms with Gasteiger partial charge in [-0.25, -0.2) is 0 Å². The maximum Gasteiger partial charge on any atom is 0.270 e. The van der Waals surface area contributed by atoms with Gasteiger partial charge >= 0.3 is 0 Å². The second-order valence-corrected chi connectivity index (χ2v) is 4.11. The Balaban J connectivity index is 2.08. The topological polar surface area (TPSA) is 9.23 Å². The molecule has 2 aromatic rings. The summed E-state index contributed by atoms with van der Waals surface area (Å²) >= 11 is 0. The second kappa shape index (κ2) is 6.74. The highest BCUT2D eigenvalue weighted by molar-refractivity contribution is 5.53. The molecule has 0 saturated carbocycles. The van der Waals surface area contributed by atoms with Gasteiger partial charge in [-0.2, -0.15) is 17.6 Å². The van der Waals surface area contributed by atoms with Crippen LogP contribution in [-0.2, 0) is 0 Å². The first-order valence-corrected chi connectivity index (χ1v) is 5.96. The number of hydrogen-bond donors (Lipinski definition) is 0. The van der Waals surface area contributed by atoms with Gasteiger partial charge in [-0.05, 0) is 35.4 Å². The number of benzene rings is 2. The Morgan fingerprint density at radius 1 is 0.619 bits per heavy atom. The number of halogens is 4. The molecule has 0 saturated heterocycles. The predicted octanol–water partition coefficient (Wildman–Crippen LogP) is 5.95. The van der Waals surface area contributed by atoms with E-state index in [4.69, 9.17) is 4.74 Å². The van der Waals surface area contributed by atoms with Crippen LogP contribution in [0.4, 0.5) is 17.6 Å². The summed E-state index contributed by atoms with van der Waals surface area (Å²) in [6.07, 6.45) is -2.05. The highest BCUT2D eigenvalue weighted by Gasteiger charge is 1.99. The fraction of sp³-hybridized carbons (Fsp3) is 0. The van der Waals surface area contributed by atoms with Crippen molar-refractivity contribution in [1.29, 1.82) is 0 Å². The zero-order valence-corrected chi connectivity index (χ0v) is 10.7. The molecule has 0 N–H and O–H groups in total. The fourth-order valence-electron chi connectivity index (χ4n) is 1.65. The van der Waals surface area contributed by atoms with Crippen LogP contribution in [0.1, 0.15) is 11.1 Å². The molecule has 0 fully saturated rings. The first-order valence-electron chi connectivity index (χ1n) is 5.96. The van der Waals surface area contributed by atoms with Crippen molar-refractivity contribution in [3.63, 3.8) is 0 Å². The summed E-state index contributed by atoms with van der Waals surface area (Å²) in [5, 5.41) is 0. The van der Waals surface area contributed by atoms with E-state index >= 15 is 0 Å². The van der Waals surface area contributed by atoms with Crippen LogP contribution in [0.25, 0.3) is 12.2 Å². The van der Waals surface area contributed by atoms with Crippen molar-refractivity contribution >= 4 is 12.2 Å². The van der Waals surface area contributed by atoms with Gasteiger partial charge < -0.3 is 4.74 Å². The predicted molar refractivity (Wildman–Crippen MR) is 73.3 cm³/mol. The molecule has 108 valence electrons. The van der Waals surface area contributed by atoms with Crippen LogP contribution in [0.2, 0.25) is 0 Å². The standard InChI is InChI=1S/C16H10F4O/c17-15(18)9-11-1-5-13(6-2-11)21-14-7-3-12(4-8-14)10-16(19)20/h1-10H. The monoisotopic (exact) mass is 294 g/mol. The molecule has 2 aromatic carbocycles. The van der Waals surface area contributed by atoms with Crippen LogP contribution in [0.15, 0.2) is 60.7 Å². The van der Waals surface area contributed by atoms with E-state index in [9.17, 15) is 17.6 Å². The van der Waals surface area contributed by atoms with Crippen molar-refractivity contribution < 1.29 is 22.3 Å². The molecule has 0 atom stereocenters. The zero-order chi connectivity index (χ0) is 15.2. The average molecular weight is 294 g/mol. The Kier molecular flexibility index (Phi) is 4.77. The quantitative estimate of drug-likeness (QED) is 0.633. The van der Waals surface area contributed by atoms with Gasteiger partial charge in [-0.3, -0.25) is 0 Å². The average Bonchev–Trinajstić information content (AvgIpc) is 2.42. The second-order valence-electron chi connectivity index (χ2n) is 4.11. The fourth-order valence-corrected chi connectivity index (χ4v) is 1.65. The molecule has 0 amide bonds. The van der Waals surface area contributed by atoms with Crippen LogP contribution >= 0.6 is 0 Å². The van der Waals surface area contributed by atoms with Gasteiger partial charge in [-0.1, -0.05) is 24.3 Å². The molecule has 0 bridgehead atoms. The molecule has 0 aromatic heterocycles. The maximum absolute atomic E-state index is 12.1. The van der Waals surface area contributed by atoms with E-state index in [-0.39, 0.29) is 0 Å². The summed E-state index contributed by atoms with van der Waals surface area (Å²) in [5.41, 5.74) is 0.725. The van der Waals surface area contributed by atoms with Crippen molar-refractivity contribution in [2.45, 2.75) is 0 Å². The molecule has 0 spiro atoms. The van der Waals surface area contributed by atoms with Gasteiger partial charge in [-0.15, -0.1) is 0 Å². The Labute approximate surface area is 118 Å². The van der Waals surface area contributed by atoms with Gasteiger partial charge in [0.25, 0.3) is 12.2 Å². The third-order valence-corrected chi connectivity index (χ3v) is 2.55. The summed E-state index contributed by atoms with van der Waals surface area (Å²) in [6.45, 7) is 0. The molecule has 2 rings (SSSR count). The molecular formula is C16H10F4O. The van der Waals surface area contributed by atoms with Crippen LogP contribution in [-0.4, -0.2) is 0 Å². The maximum atomic E-state index is 12.1. The minimum absolute atomic E-state index is 0.362. The number of ether oxygens (including phenoxy) is 1. The molecule has 0 heterocycles. The van der Waals surface area contributed by atoms with Crippen molar-refractivity contribution in [2.24, 2.45) is 0 Å². The molecule has 0 radical (unpaired) electrons. The first-order chi connectivity index (χ1) is 10.0. The van der Waals surface area contributed by atoms with E-state index in [1.807, 2.05) is 0 Å². The minimum atomic E-state index is -1.77. The third kappa shape index (κ3) is 4.80. The van der Waals surface area contributed by atoms with Crippen molar-refractivity contribution in [1.82, 2.24) is 0 Å². The summed E-state index contributed by atoms with van der Waals surface area (Å²) in [4.78, 5) is 0. The van der Waals surface area contributed by atoms with E-state index in [0.29, 0.717) is 22.6 Å². The third-order valence-electron chi connectivity index (χ3n) is 2.55. The van der Waals surface area contributed by atoms with E-state index in [0.717, 1.165) is 12.2 Å². The minimum Gasteiger partial charge on any atom is -0.457 e. The summed E-state index contributed by atoms with van der Waals surface area (Å²) in [5.74, 6) is 0.928. The van der Waals surface area contributed by atoms with Gasteiger partial charge in [0.2, 0.25) is 0 Å². The molecule has 0 aliphatic carbocycles. The molecule has 5 heteroatoms. The molecular weight excluding hydrogens is 284 g/mol. The largest absolute Gasteiger partial charge is 0.457 e. The first kappa shape index (κ1) is 14.8. The summed E-state index contributed by atoms with van der Waals surface area (Å²) in [6, 6.07) is 12.1. The lowest BCUT2D eigenvalue weighted by molar-refractivity contribution is 0.428. The Bertz CT molecular complexity index is 590. The van der Waals surface area contributed by atoms with Crippen LogP contribution in [0, 0.1) is 0 Å². The highest BCUT2D eigenvalue weighted by Crippen LogP contribution is 2.23. The van der Waals surface area contributed by atoms with E-state index in [1.54, 1.807) is 24.3 Å². The Hall–Kier alpha value is -2.56. The highest BCUT2D eigenvalue weighted by atomic mass is 19.3. The van der Waals surface area contributed by atoms with E-state index in [1.165, 1.54) is 24.3 Å². The van der Waals surface area contributed by atoms with Gasteiger partial charge in [0, 0.05) is 12.2 Å². The van der Waals surface area contributed by atoms with Crippen molar-refractivity contribution in [3.05, 3.63) is 71.8 Å². The van der Waals surface area contributed by atoms with E-state index < -0.39 is 12.2 Å². The lowest BCUT2D eigenvalue weighted by atomic mass is 10.2. The van der Waals surface area contributed by atoms with Crippen LogP contribution < -0.4 is 4.74 Å². The lowest BCUT2D eigenvalue weighted by Gasteiger charge is -2.06.